The van der Waals surface area contributed by atoms with Crippen molar-refractivity contribution in [3.05, 3.63) is 71.9 Å². The number of ether oxygens (including phenoxy) is 2. The van der Waals surface area contributed by atoms with Gasteiger partial charge in [-0.25, -0.2) is 23.5 Å². The van der Waals surface area contributed by atoms with Gasteiger partial charge in [-0.2, -0.15) is 0 Å². The summed E-state index contributed by atoms with van der Waals surface area (Å²) in [7, 11) is 0. The van der Waals surface area contributed by atoms with Crippen molar-refractivity contribution < 1.29 is 28.2 Å². The van der Waals surface area contributed by atoms with Crippen LogP contribution in [0.3, 0.4) is 0 Å². The van der Waals surface area contributed by atoms with Crippen LogP contribution in [-0.4, -0.2) is 32.2 Å². The molecule has 2 aromatic heterocycles. The molecule has 0 bridgehead atoms. The number of carbonyl (C=O) groups is 1. The Labute approximate surface area is 212 Å². The summed E-state index contributed by atoms with van der Waals surface area (Å²) in [5.74, 6) is -1.08. The van der Waals surface area contributed by atoms with Gasteiger partial charge in [-0.3, -0.25) is 0 Å². The second-order valence-electron chi connectivity index (χ2n) is 9.28. The van der Waals surface area contributed by atoms with E-state index in [9.17, 15) is 13.6 Å². The number of hydrogen-bond donors (Lipinski definition) is 1. The van der Waals surface area contributed by atoms with Gasteiger partial charge in [-0.05, 0) is 48.6 Å². The first-order valence-corrected chi connectivity index (χ1v) is 12.3. The minimum Gasteiger partial charge on any atom is -0.482 e. The van der Waals surface area contributed by atoms with Crippen molar-refractivity contribution in [2.75, 3.05) is 6.61 Å². The number of halogens is 2. The quantitative estimate of drug-likeness (QED) is 0.299. The van der Waals surface area contributed by atoms with Crippen molar-refractivity contribution >= 4 is 17.0 Å². The lowest BCUT2D eigenvalue weighted by Gasteiger charge is -2.23. The summed E-state index contributed by atoms with van der Waals surface area (Å²) >= 11 is 0. The van der Waals surface area contributed by atoms with Crippen molar-refractivity contribution in [3.63, 3.8) is 0 Å². The van der Waals surface area contributed by atoms with Crippen LogP contribution in [0.4, 0.5) is 8.78 Å². The van der Waals surface area contributed by atoms with Gasteiger partial charge in [0.25, 0.3) is 0 Å². The van der Waals surface area contributed by atoms with E-state index >= 15 is 0 Å². The average molecular weight is 508 g/mol. The van der Waals surface area contributed by atoms with E-state index in [1.807, 2.05) is 10.6 Å². The lowest BCUT2D eigenvalue weighted by molar-refractivity contribution is -0.139. The van der Waals surface area contributed by atoms with Crippen molar-refractivity contribution in [1.29, 1.82) is 0 Å². The number of fused-ring (bicyclic) bond motifs is 1. The molecule has 1 aliphatic carbocycles. The molecule has 7 nitrogen and oxygen atoms in total. The third-order valence-corrected chi connectivity index (χ3v) is 6.63. The first kappa shape index (κ1) is 24.7. The van der Waals surface area contributed by atoms with Crippen LogP contribution in [-0.2, 0) is 17.9 Å². The second kappa shape index (κ2) is 10.9. The number of carboxylic acid groups (broad SMARTS) is 1. The fraction of sp³-hybridized carbons (Fsp3) is 0.321. The second-order valence-corrected chi connectivity index (χ2v) is 9.28. The molecular weight excluding hydrogens is 480 g/mol. The number of carboxylic acids is 1. The number of imidazole rings is 1. The lowest BCUT2D eigenvalue weighted by Crippen LogP contribution is -2.15. The third kappa shape index (κ3) is 5.71. The molecule has 0 radical (unpaired) electrons. The average Bonchev–Trinajstić information content (AvgIpc) is 3.24. The monoisotopic (exact) mass is 507 g/mol. The molecule has 1 saturated carbocycles. The number of hydrogen-bond acceptors (Lipinski definition) is 5. The molecule has 1 aliphatic rings. The van der Waals surface area contributed by atoms with E-state index in [0.29, 0.717) is 46.5 Å². The molecule has 4 aromatic rings. The molecule has 0 spiro atoms. The molecule has 0 amide bonds. The van der Waals surface area contributed by atoms with E-state index in [2.05, 4.69) is 9.97 Å². The lowest BCUT2D eigenvalue weighted by atomic mass is 9.89. The summed E-state index contributed by atoms with van der Waals surface area (Å²) in [6.45, 7) is 0.446. The SMILES string of the molecule is O=C(O)COc1ccc(COc2ncccc2-c2nc3cc(F)c(F)cc3n2CC2CCCCC2)cc1. The zero-order valence-electron chi connectivity index (χ0n) is 20.2. The Balaban J connectivity index is 1.44. The molecule has 37 heavy (non-hydrogen) atoms. The molecule has 1 fully saturated rings. The summed E-state index contributed by atoms with van der Waals surface area (Å²) < 4.78 is 41.5. The molecule has 0 aliphatic heterocycles. The Hall–Kier alpha value is -4.01. The van der Waals surface area contributed by atoms with E-state index in [-0.39, 0.29) is 6.61 Å². The Bertz CT molecular complexity index is 1400. The summed E-state index contributed by atoms with van der Waals surface area (Å²) in [4.78, 5) is 19.8. The van der Waals surface area contributed by atoms with E-state index in [4.69, 9.17) is 14.6 Å². The molecular formula is C28H27F2N3O4. The first-order valence-electron chi connectivity index (χ1n) is 12.3. The van der Waals surface area contributed by atoms with E-state index < -0.39 is 24.2 Å². The number of nitrogens with zero attached hydrogens (tertiary/aromatic N) is 3. The zero-order valence-corrected chi connectivity index (χ0v) is 20.2. The van der Waals surface area contributed by atoms with Gasteiger partial charge in [-0.15, -0.1) is 0 Å². The van der Waals surface area contributed by atoms with Crippen LogP contribution >= 0.6 is 0 Å². The van der Waals surface area contributed by atoms with Crippen LogP contribution < -0.4 is 9.47 Å². The van der Waals surface area contributed by atoms with Crippen LogP contribution in [0.1, 0.15) is 37.7 Å². The van der Waals surface area contributed by atoms with Gasteiger partial charge in [0.2, 0.25) is 5.88 Å². The summed E-state index contributed by atoms with van der Waals surface area (Å²) in [5, 5.41) is 8.75. The van der Waals surface area contributed by atoms with Crippen LogP contribution in [0.2, 0.25) is 0 Å². The number of rotatable bonds is 9. The van der Waals surface area contributed by atoms with Gasteiger partial charge in [0.05, 0.1) is 16.6 Å². The number of pyridine rings is 1. The largest absolute Gasteiger partial charge is 0.482 e. The normalized spacial score (nSPS) is 14.1. The third-order valence-electron chi connectivity index (χ3n) is 6.63. The predicted molar refractivity (Wildman–Crippen MR) is 133 cm³/mol. The minimum absolute atomic E-state index is 0.204. The van der Waals surface area contributed by atoms with Crippen molar-refractivity contribution in [2.45, 2.75) is 45.3 Å². The molecule has 9 heteroatoms. The van der Waals surface area contributed by atoms with Crippen molar-refractivity contribution in [3.8, 4) is 23.0 Å². The molecule has 2 heterocycles. The fourth-order valence-electron chi connectivity index (χ4n) is 4.79. The van der Waals surface area contributed by atoms with Crippen LogP contribution in [0, 0.1) is 17.6 Å². The van der Waals surface area contributed by atoms with E-state index in [1.54, 1.807) is 36.5 Å². The van der Waals surface area contributed by atoms with Gasteiger partial charge in [0, 0.05) is 24.9 Å². The van der Waals surface area contributed by atoms with Gasteiger partial charge < -0.3 is 19.1 Å². The Morgan fingerprint density at radius 1 is 1.03 bits per heavy atom. The standard InChI is InChI=1S/C28H27F2N3O4/c29-22-13-24-25(14-23(22)30)33(15-18-5-2-1-3-6-18)27(32-24)21-7-4-12-31-28(21)37-16-19-8-10-20(11-9-19)36-17-26(34)35/h4,7-14,18H,1-3,5-6,15-17H2,(H,34,35). The smallest absolute Gasteiger partial charge is 0.341 e. The maximum Gasteiger partial charge on any atom is 0.341 e. The molecule has 1 N–H and O–H groups in total. The highest BCUT2D eigenvalue weighted by Gasteiger charge is 2.22. The van der Waals surface area contributed by atoms with Gasteiger partial charge in [0.1, 0.15) is 18.2 Å². The van der Waals surface area contributed by atoms with E-state index in [1.165, 1.54) is 12.5 Å². The van der Waals surface area contributed by atoms with Crippen molar-refractivity contribution in [2.24, 2.45) is 5.92 Å². The molecule has 192 valence electrons. The molecule has 2 aromatic carbocycles. The summed E-state index contributed by atoms with van der Waals surface area (Å²) in [5.41, 5.74) is 2.40. The highest BCUT2D eigenvalue weighted by molar-refractivity contribution is 5.82. The number of aromatic nitrogens is 3. The Morgan fingerprint density at radius 3 is 2.54 bits per heavy atom. The van der Waals surface area contributed by atoms with Crippen LogP contribution in [0.25, 0.3) is 22.4 Å². The number of aliphatic carboxylic acids is 1. The molecule has 0 unspecified atom stereocenters. The zero-order chi connectivity index (χ0) is 25.8. The summed E-state index contributed by atoms with van der Waals surface area (Å²) in [6.07, 6.45) is 7.35. The highest BCUT2D eigenvalue weighted by atomic mass is 19.2. The van der Waals surface area contributed by atoms with Crippen LogP contribution in [0.15, 0.2) is 54.7 Å². The van der Waals surface area contributed by atoms with Gasteiger partial charge in [0.15, 0.2) is 18.2 Å². The van der Waals surface area contributed by atoms with Crippen LogP contribution in [0.5, 0.6) is 11.6 Å². The maximum atomic E-state index is 14.2. The Kier molecular flexibility index (Phi) is 7.30. The topological polar surface area (TPSA) is 86.5 Å². The van der Waals surface area contributed by atoms with Crippen molar-refractivity contribution in [1.82, 2.24) is 14.5 Å². The Morgan fingerprint density at radius 2 is 1.78 bits per heavy atom. The number of benzene rings is 2. The fourth-order valence-corrected chi connectivity index (χ4v) is 4.79. The maximum absolute atomic E-state index is 14.2. The molecule has 0 atom stereocenters. The van der Waals surface area contributed by atoms with E-state index in [0.717, 1.165) is 37.3 Å². The first-order chi connectivity index (χ1) is 18.0. The van der Waals surface area contributed by atoms with Gasteiger partial charge >= 0.3 is 5.97 Å². The highest BCUT2D eigenvalue weighted by Crippen LogP contribution is 2.34. The summed E-state index contributed by atoms with van der Waals surface area (Å²) in [6, 6.07) is 12.9. The predicted octanol–water partition coefficient (Wildman–Crippen LogP) is 6.00. The minimum atomic E-state index is -1.05. The molecule has 5 rings (SSSR count). The van der Waals surface area contributed by atoms with Gasteiger partial charge in [-0.1, -0.05) is 31.4 Å². The molecule has 0 saturated heterocycles.